The van der Waals surface area contributed by atoms with Crippen LogP contribution in [0.4, 0.5) is 11.4 Å². The molecule has 0 saturated carbocycles. The molecule has 0 bridgehead atoms. The van der Waals surface area contributed by atoms with Crippen LogP contribution in [0.15, 0.2) is 51.8 Å². The molecule has 0 radical (unpaired) electrons. The molecule has 0 atom stereocenters. The third-order valence-corrected chi connectivity index (χ3v) is 5.32. The lowest BCUT2D eigenvalue weighted by atomic mass is 10.3. The van der Waals surface area contributed by atoms with Gasteiger partial charge >= 0.3 is 0 Å². The normalized spacial score (nSPS) is 10.8. The Labute approximate surface area is 161 Å². The second-order valence-corrected chi connectivity index (χ2v) is 7.89. The number of sulfonamides is 1. The number of hydrogen-bond acceptors (Lipinski definition) is 4. The highest BCUT2D eigenvalue weighted by Crippen LogP contribution is 2.29. The van der Waals surface area contributed by atoms with Crippen LogP contribution in [0.2, 0.25) is 0 Å². The highest BCUT2D eigenvalue weighted by atomic mass is 79.9. The molecule has 3 N–H and O–H groups in total. The zero-order valence-electron chi connectivity index (χ0n) is 13.7. The monoisotopic (exact) mass is 443 g/mol. The Kier molecular flexibility index (Phi) is 6.63. The van der Waals surface area contributed by atoms with Crippen molar-refractivity contribution in [1.82, 2.24) is 5.32 Å². The number of hydrogen-bond donors (Lipinski definition) is 3. The van der Waals surface area contributed by atoms with E-state index in [0.29, 0.717) is 27.6 Å². The summed E-state index contributed by atoms with van der Waals surface area (Å²) in [6.45, 7) is 2.17. The van der Waals surface area contributed by atoms with Crippen molar-refractivity contribution in [3.63, 3.8) is 0 Å². The summed E-state index contributed by atoms with van der Waals surface area (Å²) in [5.41, 5.74) is 1.18. The minimum Gasteiger partial charge on any atom is -0.492 e. The molecule has 2 rings (SSSR count). The molecule has 0 spiro atoms. The number of anilines is 2. The van der Waals surface area contributed by atoms with Gasteiger partial charge in [-0.15, -0.1) is 0 Å². The fourth-order valence-corrected chi connectivity index (χ4v) is 3.85. The van der Waals surface area contributed by atoms with Crippen LogP contribution in [0.5, 0.6) is 5.75 Å². The van der Waals surface area contributed by atoms with Crippen LogP contribution in [-0.2, 0) is 10.0 Å². The molecule has 2 aromatic rings. The average molecular weight is 444 g/mol. The number of thiocarbonyl (C=S) groups is 1. The molecule has 2 aromatic carbocycles. The second-order valence-electron chi connectivity index (χ2n) is 4.91. The molecule has 6 nitrogen and oxygen atoms in total. The fraction of sp³-hybridized carbons (Fsp3) is 0.188. The van der Waals surface area contributed by atoms with Crippen LogP contribution in [0, 0.1) is 0 Å². The minimum atomic E-state index is -3.79. The third kappa shape index (κ3) is 5.32. The lowest BCUT2D eigenvalue weighted by molar-refractivity contribution is 0.331. The zero-order valence-corrected chi connectivity index (χ0v) is 16.9. The largest absolute Gasteiger partial charge is 0.492 e. The first-order chi connectivity index (χ1) is 11.9. The molecule has 0 saturated heterocycles. The summed E-state index contributed by atoms with van der Waals surface area (Å²) in [4.78, 5) is 0.0716. The van der Waals surface area contributed by atoms with Gasteiger partial charge in [0, 0.05) is 22.9 Å². The Morgan fingerprint density at radius 2 is 1.80 bits per heavy atom. The minimum absolute atomic E-state index is 0.0716. The van der Waals surface area contributed by atoms with Gasteiger partial charge in [0.2, 0.25) is 0 Å². The number of benzene rings is 2. The first kappa shape index (κ1) is 19.5. The quantitative estimate of drug-likeness (QED) is 0.592. The van der Waals surface area contributed by atoms with E-state index in [9.17, 15) is 8.42 Å². The number of halogens is 1. The Morgan fingerprint density at radius 3 is 2.40 bits per heavy atom. The molecule has 9 heteroatoms. The molecule has 0 fully saturated rings. The molecule has 0 unspecified atom stereocenters. The van der Waals surface area contributed by atoms with Crippen molar-refractivity contribution in [2.24, 2.45) is 0 Å². The van der Waals surface area contributed by atoms with Gasteiger partial charge in [0.25, 0.3) is 10.0 Å². The predicted molar refractivity (Wildman–Crippen MR) is 108 cm³/mol. The summed E-state index contributed by atoms with van der Waals surface area (Å²) in [5.74, 6) is 0.302. The van der Waals surface area contributed by atoms with E-state index in [4.69, 9.17) is 17.0 Å². The van der Waals surface area contributed by atoms with E-state index in [0.717, 1.165) is 5.69 Å². The van der Waals surface area contributed by atoms with Crippen molar-refractivity contribution in [1.29, 1.82) is 0 Å². The summed E-state index contributed by atoms with van der Waals surface area (Å²) in [6, 6.07) is 11.6. The summed E-state index contributed by atoms with van der Waals surface area (Å²) in [6.07, 6.45) is 0. The van der Waals surface area contributed by atoms with E-state index >= 15 is 0 Å². The van der Waals surface area contributed by atoms with E-state index in [1.54, 1.807) is 50.4 Å². The summed E-state index contributed by atoms with van der Waals surface area (Å²) >= 11 is 8.31. The average Bonchev–Trinajstić information content (AvgIpc) is 2.58. The van der Waals surface area contributed by atoms with Gasteiger partial charge in [0.15, 0.2) is 5.11 Å². The van der Waals surface area contributed by atoms with E-state index in [-0.39, 0.29) is 4.90 Å². The van der Waals surface area contributed by atoms with Crippen LogP contribution in [0.1, 0.15) is 6.92 Å². The van der Waals surface area contributed by atoms with Crippen molar-refractivity contribution in [2.45, 2.75) is 11.8 Å². The molecule has 0 aromatic heterocycles. The predicted octanol–water partition coefficient (Wildman–Crippen LogP) is 3.56. The van der Waals surface area contributed by atoms with Crippen LogP contribution >= 0.6 is 28.1 Å². The Hall–Kier alpha value is -1.84. The van der Waals surface area contributed by atoms with Crippen molar-refractivity contribution in [3.8, 4) is 5.75 Å². The lowest BCUT2D eigenvalue weighted by Gasteiger charge is -2.13. The Bertz CT molecular complexity index is 855. The van der Waals surface area contributed by atoms with Gasteiger partial charge in [-0.1, -0.05) is 15.9 Å². The van der Waals surface area contributed by atoms with Crippen LogP contribution in [-0.4, -0.2) is 27.2 Å². The summed E-state index contributed by atoms with van der Waals surface area (Å²) < 4.78 is 34.0. The topological polar surface area (TPSA) is 79.5 Å². The first-order valence-electron chi connectivity index (χ1n) is 7.39. The molecular formula is C16H18BrN3O3S2. The SMILES string of the molecule is CCOc1ccc(Br)cc1S(=O)(=O)Nc1ccc(NC(=S)NC)cc1. The van der Waals surface area contributed by atoms with Gasteiger partial charge in [-0.3, -0.25) is 4.72 Å². The van der Waals surface area contributed by atoms with Gasteiger partial charge in [0.1, 0.15) is 10.6 Å². The number of ether oxygens (including phenoxy) is 1. The van der Waals surface area contributed by atoms with E-state index < -0.39 is 10.0 Å². The zero-order chi connectivity index (χ0) is 18.4. The molecule has 0 aliphatic heterocycles. The highest BCUT2D eigenvalue weighted by Gasteiger charge is 2.20. The van der Waals surface area contributed by atoms with E-state index in [1.165, 1.54) is 6.07 Å². The maximum Gasteiger partial charge on any atom is 0.265 e. The van der Waals surface area contributed by atoms with Gasteiger partial charge in [-0.05, 0) is 61.6 Å². The molecule has 134 valence electrons. The summed E-state index contributed by atoms with van der Waals surface area (Å²) in [7, 11) is -2.08. The molecular weight excluding hydrogens is 426 g/mol. The maximum atomic E-state index is 12.7. The van der Waals surface area contributed by atoms with Gasteiger partial charge < -0.3 is 15.4 Å². The third-order valence-electron chi connectivity index (χ3n) is 3.12. The standard InChI is InChI=1S/C16H18BrN3O3S2/c1-3-23-14-9-4-11(17)10-15(14)25(21,22)20-13-7-5-12(6-8-13)19-16(24)18-2/h4-10,20H,3H2,1-2H3,(H2,18,19,24). The Morgan fingerprint density at radius 1 is 1.16 bits per heavy atom. The number of rotatable bonds is 6. The van der Waals surface area contributed by atoms with Gasteiger partial charge in [-0.25, -0.2) is 8.42 Å². The Balaban J connectivity index is 2.24. The second kappa shape index (κ2) is 8.50. The molecule has 0 aliphatic carbocycles. The molecule has 0 heterocycles. The molecule has 0 aliphatic rings. The van der Waals surface area contributed by atoms with Gasteiger partial charge in [-0.2, -0.15) is 0 Å². The maximum absolute atomic E-state index is 12.7. The van der Waals surface area contributed by atoms with Crippen molar-refractivity contribution in [3.05, 3.63) is 46.9 Å². The molecule has 0 amide bonds. The number of nitrogens with one attached hydrogen (secondary N) is 3. The highest BCUT2D eigenvalue weighted by molar-refractivity contribution is 9.10. The van der Waals surface area contributed by atoms with Crippen LogP contribution in [0.3, 0.4) is 0 Å². The van der Waals surface area contributed by atoms with Crippen molar-refractivity contribution < 1.29 is 13.2 Å². The van der Waals surface area contributed by atoms with Crippen LogP contribution < -0.4 is 20.1 Å². The van der Waals surface area contributed by atoms with Crippen molar-refractivity contribution in [2.75, 3.05) is 23.7 Å². The van der Waals surface area contributed by atoms with Gasteiger partial charge in [0.05, 0.1) is 6.61 Å². The first-order valence-corrected chi connectivity index (χ1v) is 10.1. The van der Waals surface area contributed by atoms with Crippen LogP contribution in [0.25, 0.3) is 0 Å². The summed E-state index contributed by atoms with van der Waals surface area (Å²) in [5, 5.41) is 6.24. The van der Waals surface area contributed by atoms with E-state index in [1.807, 2.05) is 0 Å². The van der Waals surface area contributed by atoms with E-state index in [2.05, 4.69) is 31.3 Å². The lowest BCUT2D eigenvalue weighted by Crippen LogP contribution is -2.24. The fourth-order valence-electron chi connectivity index (χ4n) is 1.99. The molecule has 25 heavy (non-hydrogen) atoms. The van der Waals surface area contributed by atoms with Crippen molar-refractivity contribution >= 4 is 54.7 Å². The smallest absolute Gasteiger partial charge is 0.265 e.